The number of hydrogen-bond donors (Lipinski definition) is 2. The molecule has 0 heterocycles. The molecular formula is C24H45O3P. The largest absolute Gasteiger partial charge is 0.335 e. The summed E-state index contributed by atoms with van der Waals surface area (Å²) < 4.78 is 12.5. The van der Waals surface area contributed by atoms with Gasteiger partial charge in [-0.3, -0.25) is 4.57 Å². The molecule has 0 spiro atoms. The van der Waals surface area contributed by atoms with E-state index in [1.54, 1.807) is 0 Å². The predicted molar refractivity (Wildman–Crippen MR) is 122 cm³/mol. The third-order valence-electron chi connectivity index (χ3n) is 6.32. The number of unbranched alkanes of at least 4 members (excludes halogenated alkanes) is 12. The van der Waals surface area contributed by atoms with Crippen molar-refractivity contribution in [3.8, 4) is 0 Å². The Labute approximate surface area is 174 Å². The maximum Gasteiger partial charge on any atom is 0.335 e. The van der Waals surface area contributed by atoms with Crippen LogP contribution in [0, 0.1) is 5.92 Å². The van der Waals surface area contributed by atoms with E-state index in [1.165, 1.54) is 70.6 Å². The molecule has 0 saturated carbocycles. The van der Waals surface area contributed by atoms with Gasteiger partial charge in [0.05, 0.1) is 5.16 Å². The van der Waals surface area contributed by atoms with Crippen LogP contribution >= 0.6 is 7.60 Å². The van der Waals surface area contributed by atoms with E-state index in [0.29, 0.717) is 6.42 Å². The van der Waals surface area contributed by atoms with Crippen LogP contribution in [0.4, 0.5) is 0 Å². The molecule has 2 atom stereocenters. The topological polar surface area (TPSA) is 57.5 Å². The van der Waals surface area contributed by atoms with Gasteiger partial charge < -0.3 is 9.79 Å². The van der Waals surface area contributed by atoms with Crippen molar-refractivity contribution in [2.75, 3.05) is 0 Å². The van der Waals surface area contributed by atoms with Gasteiger partial charge in [-0.25, -0.2) is 0 Å². The Kier molecular flexibility index (Phi) is 13.4. The number of rotatable bonds is 17. The van der Waals surface area contributed by atoms with Crippen molar-refractivity contribution in [3.63, 3.8) is 0 Å². The molecule has 0 aromatic heterocycles. The van der Waals surface area contributed by atoms with Crippen LogP contribution in [0.15, 0.2) is 24.3 Å². The lowest BCUT2D eigenvalue weighted by molar-refractivity contribution is 0.293. The third-order valence-corrected chi connectivity index (χ3v) is 8.11. The van der Waals surface area contributed by atoms with Crippen molar-refractivity contribution in [3.05, 3.63) is 24.3 Å². The smallest absolute Gasteiger partial charge is 0.324 e. The van der Waals surface area contributed by atoms with E-state index in [2.05, 4.69) is 19.9 Å². The second kappa shape index (κ2) is 14.6. The Morgan fingerprint density at radius 2 is 1.25 bits per heavy atom. The normalized spacial score (nSPS) is 22.1. The van der Waals surface area contributed by atoms with E-state index >= 15 is 0 Å². The number of hydrogen-bond acceptors (Lipinski definition) is 1. The summed E-state index contributed by atoms with van der Waals surface area (Å²) in [4.78, 5) is 20.5. The molecule has 3 nitrogen and oxygen atoms in total. The molecular weight excluding hydrogens is 367 g/mol. The Balaban J connectivity index is 2.51. The maximum atomic E-state index is 12.5. The summed E-state index contributed by atoms with van der Waals surface area (Å²) in [7, 11) is -4.20. The maximum absolute atomic E-state index is 12.5. The van der Waals surface area contributed by atoms with Crippen molar-refractivity contribution >= 4 is 7.60 Å². The fourth-order valence-corrected chi connectivity index (χ4v) is 5.85. The molecule has 0 amide bonds. The zero-order chi connectivity index (χ0) is 20.7. The van der Waals surface area contributed by atoms with E-state index in [0.717, 1.165) is 25.7 Å². The van der Waals surface area contributed by atoms with Crippen LogP contribution < -0.4 is 0 Å². The summed E-state index contributed by atoms with van der Waals surface area (Å²) in [5, 5.41) is -0.979. The zero-order valence-electron chi connectivity index (χ0n) is 18.5. The minimum absolute atomic E-state index is 0.0333. The molecule has 1 aliphatic carbocycles. The summed E-state index contributed by atoms with van der Waals surface area (Å²) >= 11 is 0. The van der Waals surface area contributed by atoms with Crippen LogP contribution in [-0.2, 0) is 4.57 Å². The Hall–Kier alpha value is -0.370. The van der Waals surface area contributed by atoms with Crippen molar-refractivity contribution in [1.29, 1.82) is 0 Å². The fraction of sp³-hybridized carbons (Fsp3) is 0.833. The van der Waals surface area contributed by atoms with E-state index in [4.69, 9.17) is 0 Å². The highest BCUT2D eigenvalue weighted by Crippen LogP contribution is 2.60. The van der Waals surface area contributed by atoms with Crippen molar-refractivity contribution in [1.82, 2.24) is 0 Å². The molecule has 0 aromatic rings. The monoisotopic (exact) mass is 412 g/mol. The van der Waals surface area contributed by atoms with Crippen molar-refractivity contribution in [2.45, 2.75) is 122 Å². The first-order valence-electron chi connectivity index (χ1n) is 11.9. The summed E-state index contributed by atoms with van der Waals surface area (Å²) in [5.41, 5.74) is 0. The van der Waals surface area contributed by atoms with Gasteiger partial charge in [0.25, 0.3) is 0 Å². The van der Waals surface area contributed by atoms with E-state index in [-0.39, 0.29) is 5.92 Å². The molecule has 0 aliphatic heterocycles. The van der Waals surface area contributed by atoms with E-state index < -0.39 is 12.8 Å². The molecule has 1 rings (SSSR count). The summed E-state index contributed by atoms with van der Waals surface area (Å²) in [6, 6.07) is 0. The molecule has 0 bridgehead atoms. The minimum atomic E-state index is -4.20. The summed E-state index contributed by atoms with van der Waals surface area (Å²) in [5.74, 6) is -0.0333. The average Bonchev–Trinajstić information content (AvgIpc) is 2.66. The van der Waals surface area contributed by atoms with Crippen LogP contribution in [0.1, 0.15) is 117 Å². The summed E-state index contributed by atoms with van der Waals surface area (Å²) in [6.07, 6.45) is 26.1. The van der Waals surface area contributed by atoms with Crippen LogP contribution in [-0.4, -0.2) is 14.9 Å². The molecule has 0 fully saturated rings. The van der Waals surface area contributed by atoms with Gasteiger partial charge in [-0.15, -0.1) is 0 Å². The van der Waals surface area contributed by atoms with Crippen molar-refractivity contribution in [2.24, 2.45) is 5.92 Å². The predicted octanol–water partition coefficient (Wildman–Crippen LogP) is 7.93. The molecule has 1 aliphatic rings. The standard InChI is InChI=1S/C24H45O3P/c1-3-5-7-9-11-12-14-17-21-24(28(25,26)27)22-18-16-20-23(24)19-15-13-10-8-6-4-2/h16,18,20,22-23H,3-15,17,19,21H2,1-2H3,(H2,25,26,27). The lowest BCUT2D eigenvalue weighted by Gasteiger charge is -2.39. The second-order valence-corrected chi connectivity index (χ2v) is 10.6. The molecule has 0 radical (unpaired) electrons. The van der Waals surface area contributed by atoms with Crippen LogP contribution in [0.2, 0.25) is 0 Å². The van der Waals surface area contributed by atoms with Gasteiger partial charge in [-0.2, -0.15) is 0 Å². The van der Waals surface area contributed by atoms with Gasteiger partial charge in [0, 0.05) is 0 Å². The third kappa shape index (κ3) is 8.97. The van der Waals surface area contributed by atoms with Gasteiger partial charge in [0.1, 0.15) is 0 Å². The van der Waals surface area contributed by atoms with E-state index in [9.17, 15) is 14.4 Å². The molecule has 2 unspecified atom stereocenters. The lowest BCUT2D eigenvalue weighted by atomic mass is 9.80. The quantitative estimate of drug-likeness (QED) is 0.188. The Morgan fingerprint density at radius 1 is 0.750 bits per heavy atom. The molecule has 0 aromatic carbocycles. The molecule has 4 heteroatoms. The molecule has 2 N–H and O–H groups in total. The second-order valence-electron chi connectivity index (χ2n) is 8.67. The van der Waals surface area contributed by atoms with Crippen LogP contribution in [0.25, 0.3) is 0 Å². The average molecular weight is 413 g/mol. The zero-order valence-corrected chi connectivity index (χ0v) is 19.3. The Bertz CT molecular complexity index is 494. The molecule has 0 saturated heterocycles. The SMILES string of the molecule is CCCCCCCCCCC1(P(=O)(O)O)C=CC=CC1CCCCCCCC. The highest BCUT2D eigenvalue weighted by atomic mass is 31.2. The van der Waals surface area contributed by atoms with Gasteiger partial charge in [0.2, 0.25) is 0 Å². The van der Waals surface area contributed by atoms with Gasteiger partial charge in [-0.05, 0) is 18.8 Å². The van der Waals surface area contributed by atoms with E-state index in [1.807, 2.05) is 18.2 Å². The van der Waals surface area contributed by atoms with Crippen molar-refractivity contribution < 1.29 is 14.4 Å². The first-order chi connectivity index (χ1) is 13.5. The highest BCUT2D eigenvalue weighted by molar-refractivity contribution is 7.53. The highest BCUT2D eigenvalue weighted by Gasteiger charge is 2.49. The number of allylic oxidation sites excluding steroid dienone is 4. The fourth-order valence-electron chi connectivity index (χ4n) is 4.47. The molecule has 164 valence electrons. The first kappa shape index (κ1) is 25.7. The first-order valence-corrected chi connectivity index (χ1v) is 13.5. The minimum Gasteiger partial charge on any atom is -0.324 e. The van der Waals surface area contributed by atoms with Gasteiger partial charge in [-0.1, -0.05) is 128 Å². The van der Waals surface area contributed by atoms with Crippen LogP contribution in [0.3, 0.4) is 0 Å². The Morgan fingerprint density at radius 3 is 1.79 bits per heavy atom. The van der Waals surface area contributed by atoms with Gasteiger partial charge >= 0.3 is 7.60 Å². The van der Waals surface area contributed by atoms with Crippen LogP contribution in [0.5, 0.6) is 0 Å². The molecule has 28 heavy (non-hydrogen) atoms. The lowest BCUT2D eigenvalue weighted by Crippen LogP contribution is -2.36. The van der Waals surface area contributed by atoms with Gasteiger partial charge in [0.15, 0.2) is 0 Å². The summed E-state index contributed by atoms with van der Waals surface area (Å²) in [6.45, 7) is 4.45.